The number of amides is 1. The van der Waals surface area contributed by atoms with E-state index >= 15 is 0 Å². The predicted molar refractivity (Wildman–Crippen MR) is 128 cm³/mol. The number of sulfonamides is 1. The first-order valence-electron chi connectivity index (χ1n) is 10.9. The molecule has 0 radical (unpaired) electrons. The number of fused-ring (bicyclic) bond motifs is 1. The lowest BCUT2D eigenvalue weighted by Crippen LogP contribution is -2.23. The lowest BCUT2D eigenvalue weighted by Gasteiger charge is -2.19. The number of hydrogen-bond acceptors (Lipinski definition) is 6. The normalized spacial score (nSPS) is 12.8. The molecule has 3 aromatic rings. The molecule has 1 aliphatic rings. The third kappa shape index (κ3) is 5.60. The summed E-state index contributed by atoms with van der Waals surface area (Å²) in [5, 5.41) is 2.86. The van der Waals surface area contributed by atoms with Gasteiger partial charge in [0.05, 0.1) is 11.0 Å². The Morgan fingerprint density at radius 3 is 2.53 bits per heavy atom. The molecular weight excluding hydrogens is 456 g/mol. The lowest BCUT2D eigenvalue weighted by atomic mass is 10.1. The highest BCUT2D eigenvalue weighted by molar-refractivity contribution is 7.92. The van der Waals surface area contributed by atoms with E-state index < -0.39 is 10.0 Å². The van der Waals surface area contributed by atoms with Gasteiger partial charge in [-0.2, -0.15) is 0 Å². The average Bonchev–Trinajstić information content (AvgIpc) is 2.82. The molecule has 1 amide bonds. The SMILES string of the molecule is CC(C)Oc1ccccc1CNC(=O)c1cccc(NS(=O)(=O)c2ccc3c(c2)OCCO3)c1. The summed E-state index contributed by atoms with van der Waals surface area (Å²) in [6, 6.07) is 18.2. The summed E-state index contributed by atoms with van der Waals surface area (Å²) in [7, 11) is -3.90. The Bertz CT molecular complexity index is 1290. The summed E-state index contributed by atoms with van der Waals surface area (Å²) in [6.07, 6.45) is 0.00996. The first-order chi connectivity index (χ1) is 16.3. The van der Waals surface area contributed by atoms with Crippen LogP contribution in [0.2, 0.25) is 0 Å². The first kappa shape index (κ1) is 23.4. The Morgan fingerprint density at radius 2 is 1.74 bits per heavy atom. The van der Waals surface area contributed by atoms with E-state index in [1.807, 2.05) is 38.1 Å². The van der Waals surface area contributed by atoms with Gasteiger partial charge in [0.15, 0.2) is 11.5 Å². The van der Waals surface area contributed by atoms with Crippen LogP contribution in [-0.2, 0) is 16.6 Å². The second kappa shape index (κ2) is 10.0. The number of carbonyl (C=O) groups is 1. The van der Waals surface area contributed by atoms with Crippen molar-refractivity contribution in [1.82, 2.24) is 5.32 Å². The van der Waals surface area contributed by atoms with Gasteiger partial charge >= 0.3 is 0 Å². The van der Waals surface area contributed by atoms with Crippen LogP contribution in [0, 0.1) is 0 Å². The summed E-state index contributed by atoms with van der Waals surface area (Å²) in [6.45, 7) is 4.92. The quantitative estimate of drug-likeness (QED) is 0.504. The maximum atomic E-state index is 12.9. The number of para-hydroxylation sites is 1. The van der Waals surface area contributed by atoms with Crippen molar-refractivity contribution >= 4 is 21.6 Å². The van der Waals surface area contributed by atoms with Crippen molar-refractivity contribution in [2.45, 2.75) is 31.4 Å². The molecule has 34 heavy (non-hydrogen) atoms. The third-order valence-electron chi connectivity index (χ3n) is 4.98. The van der Waals surface area contributed by atoms with Crippen molar-refractivity contribution in [3.8, 4) is 17.2 Å². The third-order valence-corrected chi connectivity index (χ3v) is 6.35. The standard InChI is InChI=1S/C25H26N2O6S/c1-17(2)33-22-9-4-3-6-19(22)16-26-25(28)18-7-5-8-20(14-18)27-34(29,30)21-10-11-23-24(15-21)32-13-12-31-23/h3-11,14-15,17,27H,12-13,16H2,1-2H3,(H,26,28). The number of ether oxygens (including phenoxy) is 3. The second-order valence-electron chi connectivity index (χ2n) is 7.95. The highest BCUT2D eigenvalue weighted by atomic mass is 32.2. The van der Waals surface area contributed by atoms with Crippen molar-refractivity contribution < 1.29 is 27.4 Å². The maximum absolute atomic E-state index is 12.9. The average molecular weight is 483 g/mol. The largest absolute Gasteiger partial charge is 0.491 e. The van der Waals surface area contributed by atoms with Gasteiger partial charge in [0, 0.05) is 29.4 Å². The van der Waals surface area contributed by atoms with Crippen molar-refractivity contribution in [3.63, 3.8) is 0 Å². The predicted octanol–water partition coefficient (Wildman–Crippen LogP) is 3.98. The van der Waals surface area contributed by atoms with Gasteiger partial charge in [-0.1, -0.05) is 24.3 Å². The minimum atomic E-state index is -3.90. The van der Waals surface area contributed by atoms with Crippen LogP contribution in [0.25, 0.3) is 0 Å². The number of carbonyl (C=O) groups excluding carboxylic acids is 1. The summed E-state index contributed by atoms with van der Waals surface area (Å²) < 4.78 is 45.0. The fourth-order valence-corrected chi connectivity index (χ4v) is 4.49. The van der Waals surface area contributed by atoms with Crippen LogP contribution in [0.3, 0.4) is 0 Å². The van der Waals surface area contributed by atoms with Gasteiger partial charge in [-0.15, -0.1) is 0 Å². The molecule has 0 unspecified atom stereocenters. The fourth-order valence-electron chi connectivity index (χ4n) is 3.43. The van der Waals surface area contributed by atoms with Gasteiger partial charge in [-0.3, -0.25) is 9.52 Å². The molecule has 178 valence electrons. The van der Waals surface area contributed by atoms with Crippen LogP contribution in [0.1, 0.15) is 29.8 Å². The van der Waals surface area contributed by atoms with E-state index in [0.717, 1.165) is 5.56 Å². The molecule has 1 heterocycles. The number of rotatable bonds is 8. The smallest absolute Gasteiger partial charge is 0.262 e. The molecule has 0 saturated carbocycles. The van der Waals surface area contributed by atoms with Gasteiger partial charge < -0.3 is 19.5 Å². The van der Waals surface area contributed by atoms with E-state index in [-0.39, 0.29) is 29.1 Å². The minimum absolute atomic E-state index is 0.00996. The molecule has 8 nitrogen and oxygen atoms in total. The van der Waals surface area contributed by atoms with E-state index in [1.54, 1.807) is 24.3 Å². The topological polar surface area (TPSA) is 103 Å². The molecule has 0 atom stereocenters. The van der Waals surface area contributed by atoms with Crippen LogP contribution in [-0.4, -0.2) is 33.6 Å². The molecule has 0 spiro atoms. The van der Waals surface area contributed by atoms with Crippen LogP contribution < -0.4 is 24.2 Å². The van der Waals surface area contributed by atoms with E-state index in [4.69, 9.17) is 14.2 Å². The molecule has 0 fully saturated rings. The molecule has 4 rings (SSSR count). The molecular formula is C25H26N2O6S. The molecule has 0 bridgehead atoms. The second-order valence-corrected chi connectivity index (χ2v) is 9.63. The first-order valence-corrected chi connectivity index (χ1v) is 12.4. The highest BCUT2D eigenvalue weighted by Gasteiger charge is 2.20. The van der Waals surface area contributed by atoms with E-state index in [2.05, 4.69) is 10.0 Å². The van der Waals surface area contributed by atoms with Crippen molar-refractivity contribution in [1.29, 1.82) is 0 Å². The van der Waals surface area contributed by atoms with E-state index in [1.165, 1.54) is 18.2 Å². The van der Waals surface area contributed by atoms with Crippen molar-refractivity contribution in [2.75, 3.05) is 17.9 Å². The number of anilines is 1. The molecule has 0 aliphatic carbocycles. The summed E-state index contributed by atoms with van der Waals surface area (Å²) in [5.74, 6) is 1.26. The van der Waals surface area contributed by atoms with Crippen molar-refractivity contribution in [2.24, 2.45) is 0 Å². The Hall–Kier alpha value is -3.72. The lowest BCUT2D eigenvalue weighted by molar-refractivity contribution is 0.0950. The number of hydrogen-bond donors (Lipinski definition) is 2. The number of benzene rings is 3. The molecule has 2 N–H and O–H groups in total. The Morgan fingerprint density at radius 1 is 0.971 bits per heavy atom. The molecule has 1 aliphatic heterocycles. The van der Waals surface area contributed by atoms with Crippen LogP contribution in [0.5, 0.6) is 17.2 Å². The van der Waals surface area contributed by atoms with Gasteiger partial charge in [0.2, 0.25) is 0 Å². The Kier molecular flexibility index (Phi) is 6.93. The minimum Gasteiger partial charge on any atom is -0.491 e. The van der Waals surface area contributed by atoms with Crippen LogP contribution in [0.15, 0.2) is 71.6 Å². The molecule has 0 saturated heterocycles. The molecule has 9 heteroatoms. The zero-order valence-corrected chi connectivity index (χ0v) is 19.7. The Balaban J connectivity index is 1.45. The molecule has 0 aromatic heterocycles. The van der Waals surface area contributed by atoms with Gasteiger partial charge in [0.25, 0.3) is 15.9 Å². The van der Waals surface area contributed by atoms with E-state index in [0.29, 0.717) is 36.0 Å². The van der Waals surface area contributed by atoms with Gasteiger partial charge in [0.1, 0.15) is 19.0 Å². The maximum Gasteiger partial charge on any atom is 0.262 e. The van der Waals surface area contributed by atoms with Crippen LogP contribution >= 0.6 is 0 Å². The zero-order valence-electron chi connectivity index (χ0n) is 18.9. The fraction of sp³-hybridized carbons (Fsp3) is 0.240. The van der Waals surface area contributed by atoms with Crippen LogP contribution in [0.4, 0.5) is 5.69 Å². The molecule has 3 aromatic carbocycles. The Labute approximate surface area is 198 Å². The van der Waals surface area contributed by atoms with Gasteiger partial charge in [-0.25, -0.2) is 8.42 Å². The van der Waals surface area contributed by atoms with Crippen molar-refractivity contribution in [3.05, 3.63) is 77.9 Å². The highest BCUT2D eigenvalue weighted by Crippen LogP contribution is 2.32. The summed E-state index contributed by atoms with van der Waals surface area (Å²) in [5.41, 5.74) is 1.44. The monoisotopic (exact) mass is 482 g/mol. The summed E-state index contributed by atoms with van der Waals surface area (Å²) in [4.78, 5) is 12.8. The number of nitrogens with one attached hydrogen (secondary N) is 2. The van der Waals surface area contributed by atoms with Gasteiger partial charge in [-0.05, 0) is 50.2 Å². The van der Waals surface area contributed by atoms with E-state index in [9.17, 15) is 13.2 Å². The zero-order chi connectivity index (χ0) is 24.1. The summed E-state index contributed by atoms with van der Waals surface area (Å²) >= 11 is 0.